The van der Waals surface area contributed by atoms with Crippen molar-refractivity contribution < 1.29 is 19.8 Å². The standard InChI is InChI=1S/C18H20ClNS.C4H4O4/c1-3-20(4-2)16-12-13-11-14(19)9-10-17(13)21-18-8-6-5-7-15(16)18;5-3(6)1-2-4(7)8/h5-11,16H,3-4,12H2,1-2H3;1-2H,(H,5,6)(H,7,8). The molecule has 2 N–H and O–H groups in total. The number of nitrogens with zero attached hydrogens (tertiary/aromatic N) is 1. The van der Waals surface area contributed by atoms with Crippen LogP contribution in [-0.2, 0) is 16.0 Å². The van der Waals surface area contributed by atoms with Crippen molar-refractivity contribution in [1.29, 1.82) is 0 Å². The average molecular weight is 434 g/mol. The predicted octanol–water partition coefficient (Wildman–Crippen LogP) is 5.14. The minimum absolute atomic E-state index is 0.434. The maximum Gasteiger partial charge on any atom is 0.328 e. The van der Waals surface area contributed by atoms with Crippen molar-refractivity contribution in [1.82, 2.24) is 4.90 Å². The van der Waals surface area contributed by atoms with E-state index < -0.39 is 11.9 Å². The molecule has 0 aliphatic carbocycles. The Balaban J connectivity index is 0.000000321. The van der Waals surface area contributed by atoms with Crippen LogP contribution in [0, 0.1) is 0 Å². The van der Waals surface area contributed by atoms with E-state index >= 15 is 0 Å². The lowest BCUT2D eigenvalue weighted by molar-refractivity contribution is -0.134. The monoisotopic (exact) mass is 433 g/mol. The minimum atomic E-state index is -1.26. The first kappa shape index (κ1) is 23.0. The van der Waals surface area contributed by atoms with E-state index in [4.69, 9.17) is 21.8 Å². The van der Waals surface area contributed by atoms with Crippen LogP contribution in [0.1, 0.15) is 31.0 Å². The summed E-state index contributed by atoms with van der Waals surface area (Å²) in [6.07, 6.45) is 2.15. The molecule has 0 bridgehead atoms. The Kier molecular flexibility index (Phi) is 8.76. The molecule has 29 heavy (non-hydrogen) atoms. The van der Waals surface area contributed by atoms with E-state index in [1.165, 1.54) is 20.9 Å². The van der Waals surface area contributed by atoms with Gasteiger partial charge in [-0.05, 0) is 54.9 Å². The van der Waals surface area contributed by atoms with Gasteiger partial charge in [0, 0.05) is 33.0 Å². The second-order valence-electron chi connectivity index (χ2n) is 6.34. The van der Waals surface area contributed by atoms with Gasteiger partial charge >= 0.3 is 11.9 Å². The molecule has 0 aromatic heterocycles. The van der Waals surface area contributed by atoms with E-state index in [0.717, 1.165) is 24.5 Å². The van der Waals surface area contributed by atoms with Gasteiger partial charge in [-0.2, -0.15) is 0 Å². The van der Waals surface area contributed by atoms with E-state index in [-0.39, 0.29) is 0 Å². The van der Waals surface area contributed by atoms with Crippen molar-refractivity contribution in [2.24, 2.45) is 0 Å². The Morgan fingerprint density at radius 2 is 1.69 bits per heavy atom. The molecule has 0 saturated carbocycles. The number of benzene rings is 2. The molecular formula is C22H24ClNO4S. The fraction of sp³-hybridized carbons (Fsp3) is 0.273. The summed E-state index contributed by atoms with van der Waals surface area (Å²) in [5, 5.41) is 16.5. The minimum Gasteiger partial charge on any atom is -0.478 e. The summed E-state index contributed by atoms with van der Waals surface area (Å²) in [5.74, 6) is -2.51. The van der Waals surface area contributed by atoms with Crippen LogP contribution in [0.3, 0.4) is 0 Å². The Bertz CT molecular complexity index is 880. The van der Waals surface area contributed by atoms with Crippen molar-refractivity contribution >= 4 is 35.3 Å². The van der Waals surface area contributed by atoms with E-state index in [2.05, 4.69) is 55.1 Å². The lowest BCUT2D eigenvalue weighted by atomic mass is 9.97. The van der Waals surface area contributed by atoms with Crippen LogP contribution in [0.5, 0.6) is 0 Å². The Morgan fingerprint density at radius 1 is 1.07 bits per heavy atom. The fourth-order valence-electron chi connectivity index (χ4n) is 3.23. The van der Waals surface area contributed by atoms with Gasteiger partial charge in [-0.3, -0.25) is 4.90 Å². The van der Waals surface area contributed by atoms with Crippen LogP contribution in [0.25, 0.3) is 0 Å². The highest BCUT2D eigenvalue weighted by Crippen LogP contribution is 2.43. The largest absolute Gasteiger partial charge is 0.478 e. The van der Waals surface area contributed by atoms with Crippen molar-refractivity contribution in [3.63, 3.8) is 0 Å². The highest BCUT2D eigenvalue weighted by molar-refractivity contribution is 7.99. The summed E-state index contributed by atoms with van der Waals surface area (Å²) in [6, 6.07) is 15.5. The summed E-state index contributed by atoms with van der Waals surface area (Å²) in [6.45, 7) is 6.61. The number of likely N-dealkylation sites (N-methyl/N-ethyl adjacent to an activating group) is 1. The van der Waals surface area contributed by atoms with Gasteiger partial charge in [0.15, 0.2) is 0 Å². The Hall–Kier alpha value is -2.28. The highest BCUT2D eigenvalue weighted by Gasteiger charge is 2.26. The molecule has 1 atom stereocenters. The lowest BCUT2D eigenvalue weighted by Gasteiger charge is -2.30. The van der Waals surface area contributed by atoms with Gasteiger partial charge in [-0.25, -0.2) is 9.59 Å². The molecule has 2 aromatic rings. The number of carboxylic acids is 2. The molecule has 1 aliphatic heterocycles. The number of carbonyl (C=O) groups is 2. The lowest BCUT2D eigenvalue weighted by Crippen LogP contribution is -2.30. The van der Waals surface area contributed by atoms with E-state index in [0.29, 0.717) is 18.2 Å². The summed E-state index contributed by atoms with van der Waals surface area (Å²) in [7, 11) is 0. The number of rotatable bonds is 5. The predicted molar refractivity (Wildman–Crippen MR) is 116 cm³/mol. The van der Waals surface area contributed by atoms with Crippen LogP contribution in [0.4, 0.5) is 0 Å². The number of hydrogen-bond acceptors (Lipinski definition) is 4. The first-order valence-corrected chi connectivity index (χ1v) is 10.5. The van der Waals surface area contributed by atoms with Crippen molar-refractivity contribution in [2.75, 3.05) is 13.1 Å². The topological polar surface area (TPSA) is 77.8 Å². The van der Waals surface area contributed by atoms with Gasteiger partial charge in [0.2, 0.25) is 0 Å². The molecule has 5 nitrogen and oxygen atoms in total. The number of hydrogen-bond donors (Lipinski definition) is 2. The Morgan fingerprint density at radius 3 is 2.28 bits per heavy atom. The third kappa shape index (κ3) is 6.63. The smallest absolute Gasteiger partial charge is 0.328 e. The Labute approximate surface area is 180 Å². The van der Waals surface area contributed by atoms with Crippen LogP contribution >= 0.6 is 23.4 Å². The van der Waals surface area contributed by atoms with Gasteiger partial charge in [-0.15, -0.1) is 0 Å². The molecule has 1 aliphatic rings. The maximum atomic E-state index is 9.55. The number of halogens is 1. The maximum absolute atomic E-state index is 9.55. The van der Waals surface area contributed by atoms with Crippen molar-refractivity contribution in [2.45, 2.75) is 36.1 Å². The molecule has 0 fully saturated rings. The molecule has 0 spiro atoms. The first-order chi connectivity index (χ1) is 13.8. The third-order valence-corrected chi connectivity index (χ3v) is 6.00. The zero-order valence-corrected chi connectivity index (χ0v) is 17.9. The molecule has 1 heterocycles. The summed E-state index contributed by atoms with van der Waals surface area (Å²) in [5.41, 5.74) is 2.80. The number of fused-ring (bicyclic) bond motifs is 2. The zero-order valence-electron chi connectivity index (χ0n) is 16.3. The van der Waals surface area contributed by atoms with Crippen LogP contribution in [-0.4, -0.2) is 40.1 Å². The van der Waals surface area contributed by atoms with Gasteiger partial charge in [0.25, 0.3) is 0 Å². The molecule has 154 valence electrons. The third-order valence-electron chi connectivity index (χ3n) is 4.56. The fourth-order valence-corrected chi connectivity index (χ4v) is 4.53. The van der Waals surface area contributed by atoms with Gasteiger partial charge in [-0.1, -0.05) is 55.4 Å². The van der Waals surface area contributed by atoms with Crippen LogP contribution in [0.15, 0.2) is 64.4 Å². The van der Waals surface area contributed by atoms with Crippen molar-refractivity contribution in [3.05, 3.63) is 70.8 Å². The first-order valence-electron chi connectivity index (χ1n) is 9.28. The molecule has 0 radical (unpaired) electrons. The van der Waals surface area contributed by atoms with Gasteiger partial charge in [0.05, 0.1) is 0 Å². The number of carboxylic acid groups (broad SMARTS) is 2. The molecule has 2 aromatic carbocycles. The zero-order chi connectivity index (χ0) is 21.4. The van der Waals surface area contributed by atoms with Gasteiger partial charge < -0.3 is 10.2 Å². The molecule has 0 amide bonds. The van der Waals surface area contributed by atoms with Crippen LogP contribution < -0.4 is 0 Å². The molecule has 3 rings (SSSR count). The SMILES string of the molecule is CCN(CC)C1Cc2cc(Cl)ccc2Sc2ccccc21.O=C(O)C=CC(=O)O. The molecule has 0 saturated heterocycles. The van der Waals surface area contributed by atoms with E-state index in [1.54, 1.807) is 0 Å². The summed E-state index contributed by atoms with van der Waals surface area (Å²) < 4.78 is 0. The molecule has 1 unspecified atom stereocenters. The number of aliphatic carboxylic acids is 2. The molecular weight excluding hydrogens is 410 g/mol. The van der Waals surface area contributed by atoms with Crippen LogP contribution in [0.2, 0.25) is 5.02 Å². The van der Waals surface area contributed by atoms with Crippen molar-refractivity contribution in [3.8, 4) is 0 Å². The van der Waals surface area contributed by atoms with E-state index in [1.807, 2.05) is 17.8 Å². The second kappa shape index (κ2) is 11.0. The summed E-state index contributed by atoms with van der Waals surface area (Å²) >= 11 is 8.08. The van der Waals surface area contributed by atoms with Gasteiger partial charge in [0.1, 0.15) is 0 Å². The normalized spacial score (nSPS) is 15.1. The second-order valence-corrected chi connectivity index (χ2v) is 7.86. The average Bonchev–Trinajstić information content (AvgIpc) is 2.85. The molecule has 7 heteroatoms. The summed E-state index contributed by atoms with van der Waals surface area (Å²) in [4.78, 5) is 24.3. The van der Waals surface area contributed by atoms with E-state index in [9.17, 15) is 9.59 Å². The quantitative estimate of drug-likeness (QED) is 0.635. The highest BCUT2D eigenvalue weighted by atomic mass is 35.5.